The van der Waals surface area contributed by atoms with Crippen LogP contribution in [0.1, 0.15) is 31.4 Å². The van der Waals surface area contributed by atoms with Crippen LogP contribution < -0.4 is 16.7 Å². The molecule has 0 atom stereocenters. The summed E-state index contributed by atoms with van der Waals surface area (Å²) in [7, 11) is 3.09. The normalized spacial score (nSPS) is 11.8. The van der Waals surface area contributed by atoms with Gasteiger partial charge in [-0.2, -0.15) is 10.1 Å². The van der Waals surface area contributed by atoms with Gasteiger partial charge < -0.3 is 4.57 Å². The molecule has 0 aliphatic heterocycles. The number of fused-ring (bicyclic) bond motifs is 1. The maximum Gasteiger partial charge on any atom is 0.332 e. The van der Waals surface area contributed by atoms with Gasteiger partial charge in [-0.25, -0.2) is 10.2 Å². The van der Waals surface area contributed by atoms with Gasteiger partial charge in [0, 0.05) is 20.6 Å². The molecule has 0 saturated carbocycles. The van der Waals surface area contributed by atoms with Gasteiger partial charge in [0.2, 0.25) is 5.95 Å². The van der Waals surface area contributed by atoms with E-state index >= 15 is 0 Å². The van der Waals surface area contributed by atoms with Crippen LogP contribution in [0.5, 0.6) is 0 Å². The zero-order chi connectivity index (χ0) is 20.4. The lowest BCUT2D eigenvalue weighted by molar-refractivity contribution is 0.524. The number of aromatic nitrogens is 4. The van der Waals surface area contributed by atoms with Gasteiger partial charge in [0.1, 0.15) is 0 Å². The van der Waals surface area contributed by atoms with Crippen LogP contribution in [0.15, 0.2) is 39.0 Å². The smallest absolute Gasteiger partial charge is 0.303 e. The third-order valence-corrected chi connectivity index (χ3v) is 4.73. The molecule has 0 bridgehead atoms. The number of aryl methyl sites for hydroxylation is 3. The zero-order valence-corrected chi connectivity index (χ0v) is 16.9. The highest BCUT2D eigenvalue weighted by molar-refractivity contribution is 5.80. The first-order valence-corrected chi connectivity index (χ1v) is 9.31. The number of nitrogens with one attached hydrogen (secondary N) is 1. The van der Waals surface area contributed by atoms with E-state index < -0.39 is 5.69 Å². The van der Waals surface area contributed by atoms with Crippen LogP contribution in [0.2, 0.25) is 0 Å². The van der Waals surface area contributed by atoms with E-state index in [1.807, 2.05) is 35.8 Å². The Bertz CT molecular complexity index is 1130. The van der Waals surface area contributed by atoms with E-state index in [1.54, 1.807) is 13.3 Å². The largest absolute Gasteiger partial charge is 0.332 e. The van der Waals surface area contributed by atoms with Crippen molar-refractivity contribution in [2.75, 3.05) is 5.43 Å². The first-order valence-electron chi connectivity index (χ1n) is 9.31. The number of hydrogen-bond donors (Lipinski definition) is 1. The summed E-state index contributed by atoms with van der Waals surface area (Å²) in [4.78, 5) is 29.5. The minimum absolute atomic E-state index is 0.352. The highest BCUT2D eigenvalue weighted by Gasteiger charge is 2.19. The lowest BCUT2D eigenvalue weighted by Crippen LogP contribution is -2.37. The molecule has 0 amide bonds. The summed E-state index contributed by atoms with van der Waals surface area (Å²) in [6.07, 6.45) is 2.57. The molecule has 0 spiro atoms. The van der Waals surface area contributed by atoms with Crippen LogP contribution in [0.3, 0.4) is 0 Å². The highest BCUT2D eigenvalue weighted by atomic mass is 16.2. The SMILES string of the molecule is Cc1ccc(/C=N/Nc2nc3c(c(=O)n(C)c(=O)n3C)n2CCC(C)C)cc1. The van der Waals surface area contributed by atoms with Crippen molar-refractivity contribution in [1.82, 2.24) is 18.7 Å². The predicted molar refractivity (Wildman–Crippen MR) is 112 cm³/mol. The van der Waals surface area contributed by atoms with Crippen LogP contribution in [0.4, 0.5) is 5.95 Å². The molecule has 3 aromatic rings. The third kappa shape index (κ3) is 3.76. The van der Waals surface area contributed by atoms with Crippen LogP contribution >= 0.6 is 0 Å². The average molecular weight is 382 g/mol. The van der Waals surface area contributed by atoms with Crippen LogP contribution in [-0.4, -0.2) is 24.9 Å². The third-order valence-electron chi connectivity index (χ3n) is 4.73. The summed E-state index contributed by atoms with van der Waals surface area (Å²) in [5.74, 6) is 0.898. The fraction of sp³-hybridized carbons (Fsp3) is 0.400. The number of benzene rings is 1. The van der Waals surface area contributed by atoms with E-state index in [2.05, 4.69) is 29.4 Å². The quantitative estimate of drug-likeness (QED) is 0.523. The topological polar surface area (TPSA) is 86.2 Å². The van der Waals surface area contributed by atoms with Crippen molar-refractivity contribution in [2.24, 2.45) is 25.1 Å². The second-order valence-corrected chi connectivity index (χ2v) is 7.43. The molecule has 0 fully saturated rings. The summed E-state index contributed by atoms with van der Waals surface area (Å²) in [6, 6.07) is 7.97. The molecule has 0 unspecified atom stereocenters. The zero-order valence-electron chi connectivity index (χ0n) is 16.9. The van der Waals surface area contributed by atoms with E-state index in [9.17, 15) is 9.59 Å². The van der Waals surface area contributed by atoms with Crippen molar-refractivity contribution in [2.45, 2.75) is 33.7 Å². The molecule has 148 valence electrons. The fourth-order valence-electron chi connectivity index (χ4n) is 2.95. The van der Waals surface area contributed by atoms with Gasteiger partial charge in [-0.3, -0.25) is 13.9 Å². The van der Waals surface area contributed by atoms with Gasteiger partial charge >= 0.3 is 5.69 Å². The second-order valence-electron chi connectivity index (χ2n) is 7.43. The van der Waals surface area contributed by atoms with Crippen molar-refractivity contribution < 1.29 is 0 Å². The summed E-state index contributed by atoms with van der Waals surface area (Å²) < 4.78 is 4.30. The predicted octanol–water partition coefficient (Wildman–Crippen LogP) is 2.23. The Morgan fingerprint density at radius 1 is 1.14 bits per heavy atom. The number of hydrazone groups is 1. The van der Waals surface area contributed by atoms with Gasteiger partial charge in [0.25, 0.3) is 5.56 Å². The first kappa shape index (κ1) is 19.6. The second kappa shape index (κ2) is 7.84. The Morgan fingerprint density at radius 2 is 1.82 bits per heavy atom. The van der Waals surface area contributed by atoms with Crippen molar-refractivity contribution in [3.63, 3.8) is 0 Å². The molecule has 28 heavy (non-hydrogen) atoms. The van der Waals surface area contributed by atoms with Crippen molar-refractivity contribution in [3.05, 3.63) is 56.2 Å². The van der Waals surface area contributed by atoms with Gasteiger partial charge in [-0.05, 0) is 24.8 Å². The lowest BCUT2D eigenvalue weighted by atomic mass is 10.1. The molecular weight excluding hydrogens is 356 g/mol. The first-order chi connectivity index (χ1) is 13.3. The summed E-state index contributed by atoms with van der Waals surface area (Å²) in [5, 5.41) is 4.27. The minimum atomic E-state index is -0.402. The Kier molecular flexibility index (Phi) is 5.48. The highest BCUT2D eigenvalue weighted by Crippen LogP contribution is 2.17. The van der Waals surface area contributed by atoms with Crippen LogP contribution in [0.25, 0.3) is 11.2 Å². The molecule has 0 radical (unpaired) electrons. The van der Waals surface area contributed by atoms with Gasteiger partial charge in [-0.15, -0.1) is 0 Å². The van der Waals surface area contributed by atoms with Gasteiger partial charge in [0.15, 0.2) is 11.2 Å². The van der Waals surface area contributed by atoms with E-state index in [0.29, 0.717) is 29.6 Å². The molecular formula is C20H26N6O2. The molecule has 0 aliphatic carbocycles. The standard InChI is InChI=1S/C20H26N6O2/c1-13(2)10-11-26-16-17(24(4)20(28)25(5)18(16)27)22-19(26)23-21-12-15-8-6-14(3)7-9-15/h6-9,12-13H,10-11H2,1-5H3,(H,22,23)/b21-12+. The fourth-order valence-corrected chi connectivity index (χ4v) is 2.95. The van der Waals surface area contributed by atoms with E-state index in [-0.39, 0.29) is 5.56 Å². The summed E-state index contributed by atoms with van der Waals surface area (Å²) >= 11 is 0. The summed E-state index contributed by atoms with van der Waals surface area (Å²) in [6.45, 7) is 6.87. The van der Waals surface area contributed by atoms with E-state index in [1.165, 1.54) is 17.2 Å². The Hall–Kier alpha value is -3.16. The molecule has 8 heteroatoms. The molecule has 8 nitrogen and oxygen atoms in total. The van der Waals surface area contributed by atoms with E-state index in [4.69, 9.17) is 0 Å². The maximum absolute atomic E-state index is 12.7. The molecule has 0 saturated heterocycles. The van der Waals surface area contributed by atoms with Crippen molar-refractivity contribution in [3.8, 4) is 0 Å². The molecule has 1 N–H and O–H groups in total. The maximum atomic E-state index is 12.7. The molecule has 2 heterocycles. The number of nitrogens with zero attached hydrogens (tertiary/aromatic N) is 5. The van der Waals surface area contributed by atoms with Crippen molar-refractivity contribution >= 4 is 23.3 Å². The van der Waals surface area contributed by atoms with Gasteiger partial charge in [-0.1, -0.05) is 43.7 Å². The van der Waals surface area contributed by atoms with Crippen molar-refractivity contribution in [1.29, 1.82) is 0 Å². The Morgan fingerprint density at radius 3 is 2.46 bits per heavy atom. The molecule has 3 rings (SSSR count). The van der Waals surface area contributed by atoms with Crippen LogP contribution in [-0.2, 0) is 20.6 Å². The minimum Gasteiger partial charge on any atom is -0.303 e. The van der Waals surface area contributed by atoms with Crippen LogP contribution in [0, 0.1) is 12.8 Å². The average Bonchev–Trinajstić information content (AvgIpc) is 3.03. The summed E-state index contributed by atoms with van der Waals surface area (Å²) in [5.41, 5.74) is 5.06. The number of rotatable bonds is 6. The Labute approximate surface area is 163 Å². The lowest BCUT2D eigenvalue weighted by Gasteiger charge is -2.10. The molecule has 1 aromatic carbocycles. The van der Waals surface area contributed by atoms with E-state index in [0.717, 1.165) is 16.6 Å². The monoisotopic (exact) mass is 382 g/mol. The molecule has 2 aromatic heterocycles. The molecule has 0 aliphatic rings. The number of anilines is 1. The number of hydrogen-bond acceptors (Lipinski definition) is 5. The Balaban J connectivity index is 2.05. The van der Waals surface area contributed by atoms with Gasteiger partial charge in [0.05, 0.1) is 6.21 Å². The number of imidazole rings is 1.